The fourth-order valence-electron chi connectivity index (χ4n) is 5.88. The normalized spacial score (nSPS) is 11.4. The van der Waals surface area contributed by atoms with Crippen LogP contribution in [0.5, 0.6) is 34.5 Å². The molecule has 0 spiro atoms. The molecule has 11 heteroatoms. The van der Waals surface area contributed by atoms with Crippen LogP contribution in [-0.4, -0.2) is 0 Å². The van der Waals surface area contributed by atoms with Crippen molar-refractivity contribution in [2.45, 2.75) is 83.1 Å². The Morgan fingerprint density at radius 3 is 0.915 bits per heavy atom. The van der Waals surface area contributed by atoms with Crippen molar-refractivity contribution < 1.29 is 27.1 Å². The standard InChI is InChI=1S/C48H55N2O6P3/c1-31-13-19-37(7)43(25-31)51-57(52-44-26-32(2)14-20-38(44)8)49-59(55-47-29-35(5)17-23-41(47)11,56-48-30-36(6)18-24-42(48)12)50-58(53-45-27-33(3)15-21-39(45)9)54-46-28-34(4)16-22-40(46)10/h13-30,49H,1-12H3. The van der Waals surface area contributed by atoms with Crippen LogP contribution in [0.15, 0.2) is 114 Å². The van der Waals surface area contributed by atoms with Crippen molar-refractivity contribution in [3.63, 3.8) is 0 Å². The number of rotatable bonds is 15. The molecule has 0 radical (unpaired) electrons. The largest absolute Gasteiger partial charge is 0.443 e. The maximum atomic E-state index is 7.26. The Labute approximate surface area is 353 Å². The molecule has 0 saturated carbocycles. The summed E-state index contributed by atoms with van der Waals surface area (Å²) in [6.45, 7) is 24.3. The summed E-state index contributed by atoms with van der Waals surface area (Å²) in [5, 5.41) is 0. The third kappa shape index (κ3) is 11.7. The zero-order valence-electron chi connectivity index (χ0n) is 36.1. The first-order valence-corrected chi connectivity index (χ1v) is 23.5. The van der Waals surface area contributed by atoms with Gasteiger partial charge in [-0.2, -0.15) is 0 Å². The summed E-state index contributed by atoms with van der Waals surface area (Å²) < 4.78 is 47.6. The van der Waals surface area contributed by atoms with Crippen molar-refractivity contribution in [3.05, 3.63) is 176 Å². The maximum absolute atomic E-state index is 7.26. The van der Waals surface area contributed by atoms with Crippen LogP contribution in [0.2, 0.25) is 0 Å². The maximum Gasteiger partial charge on any atom is 0.443 e. The van der Waals surface area contributed by atoms with E-state index in [0.29, 0.717) is 34.5 Å². The number of aryl methyl sites for hydroxylation is 12. The molecule has 6 aromatic carbocycles. The number of nitrogens with zero attached hydrogens (tertiary/aromatic N) is 1. The van der Waals surface area contributed by atoms with Gasteiger partial charge in [-0.15, -0.1) is 9.37 Å². The molecular formula is C48H55N2O6P3. The number of nitrogens with one attached hydrogen (secondary N) is 1. The van der Waals surface area contributed by atoms with Crippen molar-refractivity contribution in [2.24, 2.45) is 4.52 Å². The molecule has 0 heterocycles. The van der Waals surface area contributed by atoms with Crippen LogP contribution in [0.25, 0.3) is 0 Å². The highest BCUT2D eigenvalue weighted by Gasteiger charge is 2.39. The summed E-state index contributed by atoms with van der Waals surface area (Å²) in [6.07, 6.45) is 0. The topological polar surface area (TPSA) is 79.8 Å². The highest BCUT2D eigenvalue weighted by Crippen LogP contribution is 2.62. The van der Waals surface area contributed by atoms with Gasteiger partial charge in [0.25, 0.3) is 0 Å². The summed E-state index contributed by atoms with van der Waals surface area (Å²) in [5.41, 5.74) is 11.7. The summed E-state index contributed by atoms with van der Waals surface area (Å²) in [4.78, 5) is 3.68. The van der Waals surface area contributed by atoms with Gasteiger partial charge in [0.15, 0.2) is 0 Å². The van der Waals surface area contributed by atoms with Gasteiger partial charge in [0, 0.05) is 0 Å². The van der Waals surface area contributed by atoms with Gasteiger partial charge < -0.3 is 27.1 Å². The predicted molar refractivity (Wildman–Crippen MR) is 246 cm³/mol. The Kier molecular flexibility index (Phi) is 14.1. The molecule has 0 aromatic heterocycles. The third-order valence-corrected chi connectivity index (χ3v) is 15.1. The lowest BCUT2D eigenvalue weighted by Gasteiger charge is -2.31. The van der Waals surface area contributed by atoms with E-state index in [-0.39, 0.29) is 0 Å². The fourth-order valence-corrected chi connectivity index (χ4v) is 11.7. The minimum atomic E-state index is -3.87. The van der Waals surface area contributed by atoms with E-state index in [1.807, 2.05) is 156 Å². The Morgan fingerprint density at radius 2 is 0.610 bits per heavy atom. The average molecular weight is 849 g/mol. The summed E-state index contributed by atoms with van der Waals surface area (Å²) in [7, 11) is -8.17. The van der Waals surface area contributed by atoms with Gasteiger partial charge in [-0.05, 0) is 186 Å². The first-order chi connectivity index (χ1) is 28.0. The molecule has 0 fully saturated rings. The van der Waals surface area contributed by atoms with Gasteiger partial charge in [0.05, 0.1) is 0 Å². The van der Waals surface area contributed by atoms with E-state index in [0.717, 1.165) is 66.8 Å². The molecular weight excluding hydrogens is 793 g/mol. The summed E-state index contributed by atoms with van der Waals surface area (Å²) in [6, 6.07) is 36.5. The van der Waals surface area contributed by atoms with Crippen LogP contribution in [0.3, 0.4) is 0 Å². The van der Waals surface area contributed by atoms with Crippen molar-refractivity contribution in [2.75, 3.05) is 0 Å². The van der Waals surface area contributed by atoms with Crippen LogP contribution < -0.4 is 32.0 Å². The molecule has 8 nitrogen and oxygen atoms in total. The first kappa shape index (κ1) is 43.7. The molecule has 6 rings (SSSR count). The zero-order chi connectivity index (χ0) is 42.4. The van der Waals surface area contributed by atoms with E-state index in [2.05, 4.69) is 41.3 Å². The molecule has 0 atom stereocenters. The highest BCUT2D eigenvalue weighted by atomic mass is 31.3. The minimum Gasteiger partial charge on any atom is -0.427 e. The number of benzene rings is 6. The van der Waals surface area contributed by atoms with Crippen LogP contribution in [-0.2, 0) is 0 Å². The second-order valence-electron chi connectivity index (χ2n) is 15.4. The third-order valence-electron chi connectivity index (χ3n) is 9.62. The van der Waals surface area contributed by atoms with Crippen LogP contribution in [0.4, 0.5) is 0 Å². The predicted octanol–water partition coefficient (Wildman–Crippen LogP) is 15.2. The molecule has 0 bridgehead atoms. The molecule has 0 unspecified atom stereocenters. The lowest BCUT2D eigenvalue weighted by molar-refractivity contribution is 0.443. The highest BCUT2D eigenvalue weighted by molar-refractivity contribution is 7.71. The lowest BCUT2D eigenvalue weighted by atomic mass is 10.1. The summed E-state index contributed by atoms with van der Waals surface area (Å²) in [5.74, 6) is 3.77. The molecule has 0 amide bonds. The Bertz CT molecular complexity index is 2360. The van der Waals surface area contributed by atoms with Crippen LogP contribution in [0.1, 0.15) is 66.8 Å². The lowest BCUT2D eigenvalue weighted by Crippen LogP contribution is -2.20. The Hall–Kier alpha value is -4.83. The molecule has 59 heavy (non-hydrogen) atoms. The molecule has 0 aliphatic carbocycles. The molecule has 0 aliphatic rings. The fraction of sp³-hybridized carbons (Fsp3) is 0.250. The SMILES string of the molecule is Cc1ccc(C)c(OP(N=P(NP(Oc2cc(C)ccc2C)Oc2cc(C)ccc2C)(Oc2cc(C)ccc2C)Oc2cc(C)ccc2C)Oc2cc(C)ccc2C)c1. The average Bonchev–Trinajstić information content (AvgIpc) is 3.17. The van der Waals surface area contributed by atoms with E-state index in [1.165, 1.54) is 0 Å². The molecule has 6 aromatic rings. The van der Waals surface area contributed by atoms with Crippen molar-refractivity contribution in [3.8, 4) is 34.5 Å². The molecule has 308 valence electrons. The molecule has 0 saturated heterocycles. The molecule has 0 aliphatic heterocycles. The smallest absolute Gasteiger partial charge is 0.427 e. The van der Waals surface area contributed by atoms with Gasteiger partial charge in [-0.25, -0.2) is 0 Å². The second kappa shape index (κ2) is 19.0. The van der Waals surface area contributed by atoms with Crippen molar-refractivity contribution in [1.82, 2.24) is 4.86 Å². The van der Waals surface area contributed by atoms with Crippen LogP contribution in [0, 0.1) is 83.1 Å². The van der Waals surface area contributed by atoms with Gasteiger partial charge in [-0.1, -0.05) is 72.8 Å². The monoisotopic (exact) mass is 848 g/mol. The van der Waals surface area contributed by atoms with Gasteiger partial charge in [0.2, 0.25) is 0 Å². The zero-order valence-corrected chi connectivity index (χ0v) is 38.8. The van der Waals surface area contributed by atoms with Crippen molar-refractivity contribution >= 4 is 24.7 Å². The number of hydrogen-bond acceptors (Lipinski definition) is 7. The van der Waals surface area contributed by atoms with E-state index in [1.54, 1.807) is 0 Å². The van der Waals surface area contributed by atoms with Crippen LogP contribution >= 0.6 is 24.7 Å². The first-order valence-electron chi connectivity index (χ1n) is 19.6. The van der Waals surface area contributed by atoms with E-state index >= 15 is 0 Å². The minimum absolute atomic E-state index is 0.585. The number of hydrogen-bond donors (Lipinski definition) is 1. The van der Waals surface area contributed by atoms with E-state index in [4.69, 9.17) is 31.7 Å². The molecule has 1 N–H and O–H groups in total. The van der Waals surface area contributed by atoms with E-state index < -0.39 is 24.7 Å². The van der Waals surface area contributed by atoms with E-state index in [9.17, 15) is 0 Å². The van der Waals surface area contributed by atoms with Gasteiger partial charge in [-0.3, -0.25) is 0 Å². The van der Waals surface area contributed by atoms with Crippen molar-refractivity contribution in [1.29, 1.82) is 0 Å². The van der Waals surface area contributed by atoms with Gasteiger partial charge >= 0.3 is 24.7 Å². The Morgan fingerprint density at radius 1 is 0.356 bits per heavy atom. The summed E-state index contributed by atoms with van der Waals surface area (Å²) >= 11 is 0. The quantitative estimate of drug-likeness (QED) is 0.103. The van der Waals surface area contributed by atoms with Gasteiger partial charge in [0.1, 0.15) is 34.5 Å². The second-order valence-corrected chi connectivity index (χ2v) is 20.0. The Balaban J connectivity index is 1.64.